The summed E-state index contributed by atoms with van der Waals surface area (Å²) in [6.07, 6.45) is 0. The number of quaternary nitrogens is 1. The van der Waals surface area contributed by atoms with E-state index >= 15 is 0 Å². The summed E-state index contributed by atoms with van der Waals surface area (Å²) in [7, 11) is 0. The monoisotopic (exact) mass is 370 g/mol. The first-order chi connectivity index (χ1) is 13.1. The maximum atomic E-state index is 12.6. The van der Waals surface area contributed by atoms with E-state index < -0.39 is 4.92 Å². The first-order valence-electron chi connectivity index (χ1n) is 9.16. The van der Waals surface area contributed by atoms with Crippen molar-refractivity contribution in [3.8, 4) is 5.75 Å². The van der Waals surface area contributed by atoms with Crippen molar-refractivity contribution >= 4 is 11.6 Å². The Morgan fingerprint density at radius 3 is 2.30 bits per heavy atom. The van der Waals surface area contributed by atoms with E-state index in [1.165, 1.54) is 34.7 Å². The van der Waals surface area contributed by atoms with Gasteiger partial charge in [-0.05, 0) is 43.3 Å². The molecule has 1 N–H and O–H groups in total. The normalized spacial score (nSPS) is 14.8. The minimum Gasteiger partial charge on any atom is -0.494 e. The van der Waals surface area contributed by atoms with Crippen LogP contribution in [0.4, 0.5) is 5.69 Å². The third kappa shape index (κ3) is 4.83. The van der Waals surface area contributed by atoms with Gasteiger partial charge in [0.2, 0.25) is 0 Å². The van der Waals surface area contributed by atoms with Crippen molar-refractivity contribution in [2.45, 2.75) is 13.5 Å². The number of piperazine rings is 1. The first kappa shape index (κ1) is 18.8. The molecule has 0 aliphatic carbocycles. The van der Waals surface area contributed by atoms with E-state index in [1.54, 1.807) is 0 Å². The molecule has 7 heteroatoms. The van der Waals surface area contributed by atoms with Crippen LogP contribution in [0.15, 0.2) is 48.5 Å². The Kier molecular flexibility index (Phi) is 6.03. The van der Waals surface area contributed by atoms with Crippen LogP contribution in [0.1, 0.15) is 22.8 Å². The number of rotatable bonds is 6. The van der Waals surface area contributed by atoms with Crippen LogP contribution in [-0.2, 0) is 6.54 Å². The van der Waals surface area contributed by atoms with Crippen molar-refractivity contribution in [2.75, 3.05) is 32.8 Å². The quantitative estimate of drug-likeness (QED) is 0.618. The third-order valence-electron chi connectivity index (χ3n) is 4.77. The number of carbonyl (C=O) groups is 1. The Labute approximate surface area is 158 Å². The molecule has 1 saturated heterocycles. The average Bonchev–Trinajstić information content (AvgIpc) is 2.70. The second kappa shape index (κ2) is 8.64. The topological polar surface area (TPSA) is 77.1 Å². The number of carbonyl (C=O) groups excluding carboxylic acids is 1. The lowest BCUT2D eigenvalue weighted by Gasteiger charge is -2.32. The molecular formula is C20H24N3O4+. The van der Waals surface area contributed by atoms with Gasteiger partial charge in [0.15, 0.2) is 0 Å². The Morgan fingerprint density at radius 1 is 1.11 bits per heavy atom. The van der Waals surface area contributed by atoms with Gasteiger partial charge < -0.3 is 14.5 Å². The molecule has 0 unspecified atom stereocenters. The lowest BCUT2D eigenvalue weighted by Crippen LogP contribution is -3.13. The van der Waals surface area contributed by atoms with Gasteiger partial charge in [-0.2, -0.15) is 0 Å². The molecule has 0 spiro atoms. The van der Waals surface area contributed by atoms with Gasteiger partial charge in [0.1, 0.15) is 12.3 Å². The van der Waals surface area contributed by atoms with E-state index in [-0.39, 0.29) is 11.6 Å². The molecule has 7 nitrogen and oxygen atoms in total. The number of non-ortho nitro benzene ring substituents is 1. The summed E-state index contributed by atoms with van der Waals surface area (Å²) in [5.74, 6) is 0.819. The molecule has 1 heterocycles. The SMILES string of the molecule is CCOc1ccc(C[NH+]2CCN(C(=O)c3ccc([N+](=O)[O-])cc3)CC2)cc1. The average molecular weight is 370 g/mol. The van der Waals surface area contributed by atoms with E-state index in [1.807, 2.05) is 24.0 Å². The van der Waals surface area contributed by atoms with E-state index in [0.717, 1.165) is 25.4 Å². The Balaban J connectivity index is 1.52. The van der Waals surface area contributed by atoms with Crippen molar-refractivity contribution in [1.82, 2.24) is 4.90 Å². The van der Waals surface area contributed by atoms with Crippen LogP contribution < -0.4 is 9.64 Å². The van der Waals surface area contributed by atoms with E-state index in [2.05, 4.69) is 12.1 Å². The zero-order valence-electron chi connectivity index (χ0n) is 15.4. The Bertz CT molecular complexity index is 782. The fraction of sp³-hybridized carbons (Fsp3) is 0.350. The number of nitro groups is 1. The van der Waals surface area contributed by atoms with Crippen molar-refractivity contribution in [3.05, 3.63) is 69.8 Å². The number of amides is 1. The molecule has 27 heavy (non-hydrogen) atoms. The van der Waals surface area contributed by atoms with Crippen molar-refractivity contribution in [2.24, 2.45) is 0 Å². The maximum Gasteiger partial charge on any atom is 0.269 e. The van der Waals surface area contributed by atoms with Crippen molar-refractivity contribution in [3.63, 3.8) is 0 Å². The molecule has 1 aliphatic rings. The maximum absolute atomic E-state index is 12.6. The molecule has 1 amide bonds. The molecule has 0 aromatic heterocycles. The highest BCUT2D eigenvalue weighted by Crippen LogP contribution is 2.14. The molecule has 1 fully saturated rings. The lowest BCUT2D eigenvalue weighted by molar-refractivity contribution is -0.917. The van der Waals surface area contributed by atoms with Gasteiger partial charge in [0, 0.05) is 23.3 Å². The Morgan fingerprint density at radius 2 is 1.74 bits per heavy atom. The predicted molar refractivity (Wildman–Crippen MR) is 101 cm³/mol. The number of nitrogens with zero attached hydrogens (tertiary/aromatic N) is 2. The molecule has 2 aromatic carbocycles. The zero-order chi connectivity index (χ0) is 19.2. The van der Waals surface area contributed by atoms with Crippen LogP contribution in [0, 0.1) is 10.1 Å². The molecule has 2 aromatic rings. The minimum absolute atomic E-state index is 0.00355. The molecule has 0 atom stereocenters. The number of hydrogen-bond acceptors (Lipinski definition) is 4. The van der Waals surface area contributed by atoms with Crippen LogP contribution in [0.25, 0.3) is 0 Å². The molecule has 142 valence electrons. The minimum atomic E-state index is -0.461. The molecule has 0 saturated carbocycles. The van der Waals surface area contributed by atoms with Gasteiger partial charge in [-0.3, -0.25) is 14.9 Å². The molecule has 3 rings (SSSR count). The summed E-state index contributed by atoms with van der Waals surface area (Å²) in [6, 6.07) is 14.0. The fourth-order valence-corrected chi connectivity index (χ4v) is 3.27. The smallest absolute Gasteiger partial charge is 0.269 e. The number of nitrogens with one attached hydrogen (secondary N) is 1. The summed E-state index contributed by atoms with van der Waals surface area (Å²) in [4.78, 5) is 26.1. The van der Waals surface area contributed by atoms with Crippen LogP contribution in [0.5, 0.6) is 5.75 Å². The highest BCUT2D eigenvalue weighted by molar-refractivity contribution is 5.94. The second-order valence-corrected chi connectivity index (χ2v) is 6.60. The molecular weight excluding hydrogens is 346 g/mol. The van der Waals surface area contributed by atoms with Crippen molar-refractivity contribution in [1.29, 1.82) is 0 Å². The van der Waals surface area contributed by atoms with Gasteiger partial charge >= 0.3 is 0 Å². The highest BCUT2D eigenvalue weighted by atomic mass is 16.6. The predicted octanol–water partition coefficient (Wildman–Crippen LogP) is 1.53. The first-order valence-corrected chi connectivity index (χ1v) is 9.16. The summed E-state index contributed by atoms with van der Waals surface area (Å²) >= 11 is 0. The summed E-state index contributed by atoms with van der Waals surface area (Å²) in [5, 5.41) is 10.7. The number of nitro benzene ring substituents is 1. The lowest BCUT2D eigenvalue weighted by atomic mass is 10.1. The largest absolute Gasteiger partial charge is 0.494 e. The standard InChI is InChI=1S/C20H23N3O4/c1-2-27-19-9-3-16(4-10-19)15-21-11-13-22(14-12-21)20(24)17-5-7-18(8-6-17)23(25)26/h3-10H,2,11-15H2,1H3/p+1. The van der Waals surface area contributed by atoms with Crippen LogP contribution in [0.3, 0.4) is 0 Å². The van der Waals surface area contributed by atoms with Crippen LogP contribution >= 0.6 is 0 Å². The van der Waals surface area contributed by atoms with Crippen LogP contribution in [0.2, 0.25) is 0 Å². The van der Waals surface area contributed by atoms with E-state index in [9.17, 15) is 14.9 Å². The number of ether oxygens (including phenoxy) is 1. The number of hydrogen-bond donors (Lipinski definition) is 1. The highest BCUT2D eigenvalue weighted by Gasteiger charge is 2.25. The zero-order valence-corrected chi connectivity index (χ0v) is 15.4. The van der Waals surface area contributed by atoms with Gasteiger partial charge in [-0.1, -0.05) is 0 Å². The number of benzene rings is 2. The van der Waals surface area contributed by atoms with Crippen molar-refractivity contribution < 1.29 is 19.4 Å². The summed E-state index contributed by atoms with van der Waals surface area (Å²) in [6.45, 7) is 6.68. The van der Waals surface area contributed by atoms with Gasteiger partial charge in [0.25, 0.3) is 11.6 Å². The third-order valence-corrected chi connectivity index (χ3v) is 4.77. The van der Waals surface area contributed by atoms with E-state index in [0.29, 0.717) is 25.3 Å². The summed E-state index contributed by atoms with van der Waals surface area (Å²) < 4.78 is 5.47. The molecule has 0 bridgehead atoms. The van der Waals surface area contributed by atoms with Crippen LogP contribution in [-0.4, -0.2) is 48.5 Å². The molecule has 1 aliphatic heterocycles. The van der Waals surface area contributed by atoms with Gasteiger partial charge in [-0.25, -0.2) is 0 Å². The fourth-order valence-electron chi connectivity index (χ4n) is 3.27. The van der Waals surface area contributed by atoms with Gasteiger partial charge in [-0.15, -0.1) is 0 Å². The second-order valence-electron chi connectivity index (χ2n) is 6.60. The Hall–Kier alpha value is -2.93. The summed E-state index contributed by atoms with van der Waals surface area (Å²) in [5.41, 5.74) is 1.75. The van der Waals surface area contributed by atoms with E-state index in [4.69, 9.17) is 4.74 Å². The molecule has 0 radical (unpaired) electrons. The van der Waals surface area contributed by atoms with Gasteiger partial charge in [0.05, 0.1) is 37.7 Å².